The summed E-state index contributed by atoms with van der Waals surface area (Å²) < 4.78 is 0. The molecule has 1 unspecified atom stereocenters. The molecule has 0 amide bonds. The minimum atomic E-state index is -1.38. The molecule has 1 aliphatic heterocycles. The summed E-state index contributed by atoms with van der Waals surface area (Å²) in [6.07, 6.45) is 1.16. The average molecular weight is 346 g/mol. The van der Waals surface area contributed by atoms with Crippen molar-refractivity contribution in [1.82, 2.24) is 5.32 Å². The van der Waals surface area contributed by atoms with Crippen molar-refractivity contribution in [3.63, 3.8) is 0 Å². The predicted octanol–water partition coefficient (Wildman–Crippen LogP) is 5.52. The summed E-state index contributed by atoms with van der Waals surface area (Å²) in [4.78, 5) is 0. The van der Waals surface area contributed by atoms with Gasteiger partial charge in [-0.25, -0.2) is 0 Å². The van der Waals surface area contributed by atoms with E-state index in [-0.39, 0.29) is 0 Å². The maximum absolute atomic E-state index is 3.79. The molecular weight excluding hydrogens is 318 g/mol. The van der Waals surface area contributed by atoms with Crippen LogP contribution in [0.4, 0.5) is 0 Å². The van der Waals surface area contributed by atoms with Crippen LogP contribution in [0.1, 0.15) is 22.7 Å². The van der Waals surface area contributed by atoms with Crippen LogP contribution in [0.5, 0.6) is 0 Å². The van der Waals surface area contributed by atoms with Crippen LogP contribution < -0.4 is 5.32 Å². The van der Waals surface area contributed by atoms with Crippen LogP contribution in [0.2, 0.25) is 19.1 Å². The summed E-state index contributed by atoms with van der Waals surface area (Å²) >= 11 is 0. The van der Waals surface area contributed by atoms with Gasteiger partial charge in [-0.3, -0.25) is 0 Å². The van der Waals surface area contributed by atoms with E-state index in [1.807, 2.05) is 0 Å². The van der Waals surface area contributed by atoms with E-state index in [0.29, 0.717) is 6.04 Å². The molecule has 0 aromatic heterocycles. The lowest BCUT2D eigenvalue weighted by atomic mass is 9.95. The first kappa shape index (κ1) is 16.6. The lowest BCUT2D eigenvalue weighted by molar-refractivity contribution is 0.535. The maximum atomic E-state index is 3.79. The normalized spacial score (nSPS) is 17.4. The number of benzene rings is 3. The van der Waals surface area contributed by atoms with E-state index in [2.05, 4.69) is 85.1 Å². The molecule has 1 heterocycles. The van der Waals surface area contributed by atoms with Gasteiger partial charge in [0, 0.05) is 6.04 Å². The standard InChI is InChI=1S/C23H27NSi/c1-25(2,16-20-11-7-10-18-8-3-5-12-21(18)20)17-23-22-13-6-4-9-19(22)14-15-24-23/h3-13,23-24H,14-17H2,1-2H3. The second-order valence-electron chi connectivity index (χ2n) is 8.14. The van der Waals surface area contributed by atoms with E-state index in [9.17, 15) is 0 Å². The van der Waals surface area contributed by atoms with Gasteiger partial charge < -0.3 is 5.32 Å². The van der Waals surface area contributed by atoms with Crippen molar-refractivity contribution in [2.45, 2.75) is 37.6 Å². The van der Waals surface area contributed by atoms with Crippen molar-refractivity contribution in [3.05, 3.63) is 83.4 Å². The Labute approximate surface area is 152 Å². The van der Waals surface area contributed by atoms with Gasteiger partial charge >= 0.3 is 0 Å². The van der Waals surface area contributed by atoms with E-state index < -0.39 is 8.07 Å². The molecule has 3 aromatic rings. The molecule has 1 aliphatic rings. The first-order valence-electron chi connectivity index (χ1n) is 9.40. The number of fused-ring (bicyclic) bond motifs is 2. The van der Waals surface area contributed by atoms with Crippen LogP contribution in [-0.4, -0.2) is 14.6 Å². The van der Waals surface area contributed by atoms with E-state index in [0.717, 1.165) is 13.0 Å². The van der Waals surface area contributed by atoms with Gasteiger partial charge in [0.15, 0.2) is 0 Å². The summed E-state index contributed by atoms with van der Waals surface area (Å²) in [7, 11) is -1.38. The largest absolute Gasteiger partial charge is 0.310 e. The zero-order chi connectivity index (χ0) is 17.3. The Kier molecular flexibility index (Phi) is 4.49. The zero-order valence-electron chi connectivity index (χ0n) is 15.3. The van der Waals surface area contributed by atoms with E-state index in [1.165, 1.54) is 34.0 Å². The molecule has 1 atom stereocenters. The summed E-state index contributed by atoms with van der Waals surface area (Å²) in [5.41, 5.74) is 4.60. The highest BCUT2D eigenvalue weighted by molar-refractivity contribution is 6.77. The van der Waals surface area contributed by atoms with Gasteiger partial charge in [0.05, 0.1) is 8.07 Å². The number of rotatable bonds is 4. The van der Waals surface area contributed by atoms with Crippen LogP contribution in [0.25, 0.3) is 10.8 Å². The molecule has 0 bridgehead atoms. The van der Waals surface area contributed by atoms with E-state index in [1.54, 1.807) is 5.56 Å². The summed E-state index contributed by atoms with van der Waals surface area (Å²) in [6.45, 7) is 6.21. The van der Waals surface area contributed by atoms with Gasteiger partial charge in [-0.2, -0.15) is 0 Å². The average Bonchev–Trinajstić information content (AvgIpc) is 2.62. The first-order valence-corrected chi connectivity index (χ1v) is 12.8. The summed E-state index contributed by atoms with van der Waals surface area (Å²) in [6, 6.07) is 27.7. The Balaban J connectivity index is 1.58. The third-order valence-electron chi connectivity index (χ3n) is 5.52. The molecule has 128 valence electrons. The van der Waals surface area contributed by atoms with Crippen LogP contribution in [-0.2, 0) is 12.5 Å². The molecule has 0 spiro atoms. The monoisotopic (exact) mass is 345 g/mol. The molecule has 1 nitrogen and oxygen atoms in total. The van der Waals surface area contributed by atoms with Gasteiger partial charge in [0.25, 0.3) is 0 Å². The van der Waals surface area contributed by atoms with Gasteiger partial charge in [-0.1, -0.05) is 79.8 Å². The van der Waals surface area contributed by atoms with Gasteiger partial charge in [-0.05, 0) is 52.5 Å². The lowest BCUT2D eigenvalue weighted by Gasteiger charge is -2.33. The molecule has 3 aromatic carbocycles. The second-order valence-corrected chi connectivity index (χ2v) is 13.2. The minimum Gasteiger partial charge on any atom is -0.310 e. The first-order chi connectivity index (χ1) is 12.1. The molecule has 4 rings (SSSR count). The Morgan fingerprint density at radius 3 is 2.60 bits per heavy atom. The van der Waals surface area contributed by atoms with E-state index >= 15 is 0 Å². The highest BCUT2D eigenvalue weighted by Crippen LogP contribution is 2.32. The Hall–Kier alpha value is -1.90. The van der Waals surface area contributed by atoms with Crippen LogP contribution in [0.3, 0.4) is 0 Å². The van der Waals surface area contributed by atoms with Crippen molar-refractivity contribution >= 4 is 18.8 Å². The van der Waals surface area contributed by atoms with Crippen molar-refractivity contribution in [3.8, 4) is 0 Å². The number of hydrogen-bond acceptors (Lipinski definition) is 1. The fourth-order valence-corrected chi connectivity index (χ4v) is 7.32. The van der Waals surface area contributed by atoms with Crippen LogP contribution in [0, 0.1) is 0 Å². The SMILES string of the molecule is C[Si](C)(Cc1cccc2ccccc12)CC1NCCc2ccccc21. The van der Waals surface area contributed by atoms with Crippen molar-refractivity contribution in [2.24, 2.45) is 0 Å². The third kappa shape index (κ3) is 3.56. The van der Waals surface area contributed by atoms with Crippen molar-refractivity contribution in [1.29, 1.82) is 0 Å². The van der Waals surface area contributed by atoms with Crippen molar-refractivity contribution in [2.75, 3.05) is 6.54 Å². The fraction of sp³-hybridized carbons (Fsp3) is 0.304. The molecule has 0 aliphatic carbocycles. The molecule has 0 radical (unpaired) electrons. The van der Waals surface area contributed by atoms with E-state index in [4.69, 9.17) is 0 Å². The zero-order valence-corrected chi connectivity index (χ0v) is 16.3. The number of nitrogens with one attached hydrogen (secondary N) is 1. The topological polar surface area (TPSA) is 12.0 Å². The van der Waals surface area contributed by atoms with Gasteiger partial charge in [0.1, 0.15) is 0 Å². The maximum Gasteiger partial charge on any atom is 0.0536 e. The molecule has 0 saturated heterocycles. The minimum absolute atomic E-state index is 0.529. The van der Waals surface area contributed by atoms with Crippen LogP contribution >= 0.6 is 0 Å². The summed E-state index contributed by atoms with van der Waals surface area (Å²) in [5.74, 6) is 0. The molecule has 2 heteroatoms. The fourth-order valence-electron chi connectivity index (χ4n) is 4.36. The highest BCUT2D eigenvalue weighted by atomic mass is 28.3. The lowest BCUT2D eigenvalue weighted by Crippen LogP contribution is -2.38. The molecule has 0 fully saturated rings. The third-order valence-corrected chi connectivity index (χ3v) is 8.37. The highest BCUT2D eigenvalue weighted by Gasteiger charge is 2.29. The quantitative estimate of drug-likeness (QED) is 0.614. The molecule has 25 heavy (non-hydrogen) atoms. The Morgan fingerprint density at radius 2 is 1.68 bits per heavy atom. The Bertz CT molecular complexity index is 879. The van der Waals surface area contributed by atoms with Crippen LogP contribution in [0.15, 0.2) is 66.7 Å². The predicted molar refractivity (Wildman–Crippen MR) is 111 cm³/mol. The van der Waals surface area contributed by atoms with Gasteiger partial charge in [0.2, 0.25) is 0 Å². The Morgan fingerprint density at radius 1 is 0.920 bits per heavy atom. The van der Waals surface area contributed by atoms with Gasteiger partial charge in [-0.15, -0.1) is 0 Å². The smallest absolute Gasteiger partial charge is 0.0536 e. The molecule has 0 saturated carbocycles. The molecule has 1 N–H and O–H groups in total. The van der Waals surface area contributed by atoms with Crippen molar-refractivity contribution < 1.29 is 0 Å². The second kappa shape index (κ2) is 6.78. The summed E-state index contributed by atoms with van der Waals surface area (Å²) in [5, 5.41) is 6.59. The number of hydrogen-bond donors (Lipinski definition) is 1. The molecular formula is C23H27NSi.